The molecule has 0 N–H and O–H groups in total. The monoisotopic (exact) mass is 291 g/mol. The second-order valence-electron chi connectivity index (χ2n) is 6.95. The van der Waals surface area contributed by atoms with Crippen LogP contribution >= 0.6 is 0 Å². The van der Waals surface area contributed by atoms with Crippen LogP contribution in [0.2, 0.25) is 0 Å². The summed E-state index contributed by atoms with van der Waals surface area (Å²) in [5, 5.41) is 0. The quantitative estimate of drug-likeness (QED) is 0.853. The highest BCUT2D eigenvalue weighted by atomic mass is 16.5. The van der Waals surface area contributed by atoms with E-state index in [-0.39, 0.29) is 11.6 Å². The fourth-order valence-electron chi connectivity index (χ4n) is 2.53. The van der Waals surface area contributed by atoms with Crippen molar-refractivity contribution in [1.82, 2.24) is 9.88 Å². The molecule has 118 valence electrons. The van der Waals surface area contributed by atoms with Gasteiger partial charge >= 0.3 is 0 Å². The number of hydrogen-bond donors (Lipinski definition) is 0. The number of likely N-dealkylation sites (N-methyl/N-ethyl adjacent to an activating group) is 1. The SMILES string of the molecule is CC(C)c1ccc(N2CCO[C@H](C(C)(C)N(C)C)C2)cn1. The summed E-state index contributed by atoms with van der Waals surface area (Å²) in [6, 6.07) is 4.33. The molecule has 0 spiro atoms. The highest BCUT2D eigenvalue weighted by molar-refractivity contribution is 5.45. The Balaban J connectivity index is 2.10. The molecule has 0 amide bonds. The highest BCUT2D eigenvalue weighted by Crippen LogP contribution is 2.26. The summed E-state index contributed by atoms with van der Waals surface area (Å²) < 4.78 is 6.01. The Hall–Kier alpha value is -1.13. The standard InChI is InChI=1S/C17H29N3O/c1-13(2)15-8-7-14(11-18-15)20-9-10-21-16(12-20)17(3,4)19(5)6/h7-8,11,13,16H,9-10,12H2,1-6H3/t16-/m0/s1. The first-order valence-corrected chi connectivity index (χ1v) is 7.82. The molecule has 21 heavy (non-hydrogen) atoms. The number of nitrogens with zero attached hydrogens (tertiary/aromatic N) is 3. The molecule has 4 nitrogen and oxygen atoms in total. The summed E-state index contributed by atoms with van der Waals surface area (Å²) in [4.78, 5) is 9.21. The van der Waals surface area contributed by atoms with Gasteiger partial charge in [0.15, 0.2) is 0 Å². The Labute approximate surface area is 129 Å². The zero-order chi connectivity index (χ0) is 15.6. The molecule has 0 radical (unpaired) electrons. The summed E-state index contributed by atoms with van der Waals surface area (Å²) in [7, 11) is 4.22. The van der Waals surface area contributed by atoms with Gasteiger partial charge in [0.25, 0.3) is 0 Å². The minimum absolute atomic E-state index is 0.0178. The molecule has 1 aromatic heterocycles. The van der Waals surface area contributed by atoms with Gasteiger partial charge in [-0.15, -0.1) is 0 Å². The minimum atomic E-state index is 0.0178. The molecular formula is C17H29N3O. The fourth-order valence-corrected chi connectivity index (χ4v) is 2.53. The van der Waals surface area contributed by atoms with E-state index in [9.17, 15) is 0 Å². The Kier molecular flexibility index (Phi) is 4.89. The van der Waals surface area contributed by atoms with Crippen LogP contribution in [0, 0.1) is 0 Å². The maximum atomic E-state index is 6.01. The topological polar surface area (TPSA) is 28.6 Å². The molecular weight excluding hydrogens is 262 g/mol. The van der Waals surface area contributed by atoms with Gasteiger partial charge in [-0.3, -0.25) is 4.98 Å². The van der Waals surface area contributed by atoms with Crippen molar-refractivity contribution in [2.45, 2.75) is 45.3 Å². The average molecular weight is 291 g/mol. The van der Waals surface area contributed by atoms with Gasteiger partial charge < -0.3 is 14.5 Å². The lowest BCUT2D eigenvalue weighted by Gasteiger charge is -2.45. The van der Waals surface area contributed by atoms with Gasteiger partial charge in [0, 0.05) is 24.3 Å². The largest absolute Gasteiger partial charge is 0.373 e. The number of rotatable bonds is 4. The molecule has 0 unspecified atom stereocenters. The van der Waals surface area contributed by atoms with Crippen LogP contribution in [0.1, 0.15) is 39.3 Å². The van der Waals surface area contributed by atoms with Gasteiger partial charge in [0.1, 0.15) is 0 Å². The van der Waals surface area contributed by atoms with Crippen LogP contribution in [0.5, 0.6) is 0 Å². The number of ether oxygens (including phenoxy) is 1. The molecule has 4 heteroatoms. The van der Waals surface area contributed by atoms with E-state index in [1.165, 1.54) is 5.69 Å². The van der Waals surface area contributed by atoms with Crippen molar-refractivity contribution >= 4 is 5.69 Å². The van der Waals surface area contributed by atoms with Gasteiger partial charge in [0.05, 0.1) is 24.6 Å². The van der Waals surface area contributed by atoms with Gasteiger partial charge in [-0.25, -0.2) is 0 Å². The van der Waals surface area contributed by atoms with Crippen LogP contribution < -0.4 is 4.90 Å². The first-order valence-electron chi connectivity index (χ1n) is 7.82. The molecule has 0 aromatic carbocycles. The van der Waals surface area contributed by atoms with E-state index in [0.717, 1.165) is 25.4 Å². The zero-order valence-electron chi connectivity index (χ0n) is 14.3. The highest BCUT2D eigenvalue weighted by Gasteiger charge is 2.36. The van der Waals surface area contributed by atoms with Crippen molar-refractivity contribution in [1.29, 1.82) is 0 Å². The zero-order valence-corrected chi connectivity index (χ0v) is 14.3. The predicted molar refractivity (Wildman–Crippen MR) is 88.0 cm³/mol. The van der Waals surface area contributed by atoms with Gasteiger partial charge in [-0.05, 0) is 46.0 Å². The molecule has 1 saturated heterocycles. The lowest BCUT2D eigenvalue weighted by molar-refractivity contribution is -0.0484. The molecule has 1 aliphatic heterocycles. The van der Waals surface area contributed by atoms with Gasteiger partial charge in [-0.2, -0.15) is 0 Å². The third-order valence-electron chi connectivity index (χ3n) is 4.73. The van der Waals surface area contributed by atoms with Crippen LogP contribution in [0.15, 0.2) is 18.3 Å². The summed E-state index contributed by atoms with van der Waals surface area (Å²) in [5.41, 5.74) is 2.36. The molecule has 0 bridgehead atoms. The van der Waals surface area contributed by atoms with E-state index < -0.39 is 0 Å². The lowest BCUT2D eigenvalue weighted by Crippen LogP contribution is -2.57. The number of pyridine rings is 1. The predicted octanol–water partition coefficient (Wildman–Crippen LogP) is 2.75. The first-order chi connectivity index (χ1) is 9.82. The van der Waals surface area contributed by atoms with E-state index >= 15 is 0 Å². The van der Waals surface area contributed by atoms with Crippen LogP contribution in [0.4, 0.5) is 5.69 Å². The lowest BCUT2D eigenvalue weighted by atomic mass is 9.94. The van der Waals surface area contributed by atoms with Crippen molar-refractivity contribution < 1.29 is 4.74 Å². The van der Waals surface area contributed by atoms with Crippen LogP contribution in [-0.4, -0.2) is 55.3 Å². The average Bonchev–Trinajstić information content (AvgIpc) is 2.47. The molecule has 1 fully saturated rings. The van der Waals surface area contributed by atoms with Crippen LogP contribution in [0.25, 0.3) is 0 Å². The third kappa shape index (κ3) is 3.55. The second-order valence-corrected chi connectivity index (χ2v) is 6.95. The molecule has 2 rings (SSSR count). The summed E-state index contributed by atoms with van der Waals surface area (Å²) in [6.07, 6.45) is 2.20. The third-order valence-corrected chi connectivity index (χ3v) is 4.73. The van der Waals surface area contributed by atoms with E-state index in [4.69, 9.17) is 4.74 Å². The van der Waals surface area contributed by atoms with Crippen LogP contribution in [0.3, 0.4) is 0 Å². The Bertz CT molecular complexity index is 454. The summed E-state index contributed by atoms with van der Waals surface area (Å²) >= 11 is 0. The molecule has 1 aliphatic rings. The maximum absolute atomic E-state index is 6.01. The van der Waals surface area contributed by atoms with Crippen molar-refractivity contribution in [3.8, 4) is 0 Å². The smallest absolute Gasteiger partial charge is 0.0928 e. The Morgan fingerprint density at radius 3 is 2.57 bits per heavy atom. The van der Waals surface area contributed by atoms with E-state index in [1.54, 1.807) is 0 Å². The number of hydrogen-bond acceptors (Lipinski definition) is 4. The molecule has 1 aromatic rings. The molecule has 0 saturated carbocycles. The molecule has 2 heterocycles. The second kappa shape index (κ2) is 6.32. The fraction of sp³-hybridized carbons (Fsp3) is 0.706. The number of aromatic nitrogens is 1. The van der Waals surface area contributed by atoms with Gasteiger partial charge in [0.2, 0.25) is 0 Å². The van der Waals surface area contributed by atoms with E-state index in [0.29, 0.717) is 5.92 Å². The molecule has 1 atom stereocenters. The first kappa shape index (κ1) is 16.2. The van der Waals surface area contributed by atoms with Crippen LogP contribution in [-0.2, 0) is 4.74 Å². The molecule has 0 aliphatic carbocycles. The van der Waals surface area contributed by atoms with Crippen molar-refractivity contribution in [2.75, 3.05) is 38.7 Å². The van der Waals surface area contributed by atoms with Crippen molar-refractivity contribution in [2.24, 2.45) is 0 Å². The number of anilines is 1. The Morgan fingerprint density at radius 2 is 2.05 bits per heavy atom. The van der Waals surface area contributed by atoms with Crippen molar-refractivity contribution in [3.63, 3.8) is 0 Å². The minimum Gasteiger partial charge on any atom is -0.373 e. The van der Waals surface area contributed by atoms with E-state index in [1.807, 2.05) is 6.20 Å². The summed E-state index contributed by atoms with van der Waals surface area (Å²) in [5.74, 6) is 0.476. The number of morpholine rings is 1. The normalized spacial score (nSPS) is 20.4. The van der Waals surface area contributed by atoms with Gasteiger partial charge in [-0.1, -0.05) is 13.8 Å². The van der Waals surface area contributed by atoms with Crippen molar-refractivity contribution in [3.05, 3.63) is 24.0 Å². The maximum Gasteiger partial charge on any atom is 0.0928 e. The van der Waals surface area contributed by atoms with E-state index in [2.05, 4.69) is 68.7 Å². The summed E-state index contributed by atoms with van der Waals surface area (Å²) in [6.45, 7) is 11.4. The Morgan fingerprint density at radius 1 is 1.33 bits per heavy atom.